The Kier molecular flexibility index (Phi) is 5.66. The lowest BCUT2D eigenvalue weighted by molar-refractivity contribution is 0.102. The van der Waals surface area contributed by atoms with Crippen LogP contribution in [0.2, 0.25) is 0 Å². The molecular formula is C20H21N3OS. The van der Waals surface area contributed by atoms with E-state index in [1.807, 2.05) is 47.0 Å². The normalized spacial score (nSPS) is 12.1. The van der Waals surface area contributed by atoms with Crippen LogP contribution < -0.4 is 0 Å². The molecule has 1 heterocycles. The molecule has 0 spiro atoms. The third-order valence-corrected chi connectivity index (χ3v) is 5.24. The molecule has 25 heavy (non-hydrogen) atoms. The monoisotopic (exact) mass is 351 g/mol. The molecule has 0 N–H and O–H groups in total. The quantitative estimate of drug-likeness (QED) is 0.455. The van der Waals surface area contributed by atoms with Gasteiger partial charge in [0.2, 0.25) is 0 Å². The van der Waals surface area contributed by atoms with Gasteiger partial charge in [0.05, 0.1) is 5.75 Å². The summed E-state index contributed by atoms with van der Waals surface area (Å²) in [5.74, 6) is 0.958. The summed E-state index contributed by atoms with van der Waals surface area (Å²) in [5.41, 5.74) is 3.00. The van der Waals surface area contributed by atoms with Crippen molar-refractivity contribution in [3.63, 3.8) is 0 Å². The molecule has 1 unspecified atom stereocenters. The molecule has 0 bridgehead atoms. The van der Waals surface area contributed by atoms with Gasteiger partial charge in [0.15, 0.2) is 10.9 Å². The molecule has 128 valence electrons. The van der Waals surface area contributed by atoms with Crippen LogP contribution in [0.1, 0.15) is 42.1 Å². The zero-order chi connectivity index (χ0) is 17.6. The number of hydrogen-bond acceptors (Lipinski definition) is 4. The molecular weight excluding hydrogens is 330 g/mol. The number of aromatic nitrogens is 3. The van der Waals surface area contributed by atoms with Gasteiger partial charge in [-0.15, -0.1) is 10.2 Å². The first-order valence-corrected chi connectivity index (χ1v) is 9.39. The largest absolute Gasteiger partial charge is 0.293 e. The Balaban J connectivity index is 1.66. The number of para-hydroxylation sites is 1. The van der Waals surface area contributed by atoms with E-state index in [1.165, 1.54) is 17.3 Å². The van der Waals surface area contributed by atoms with Crippen LogP contribution in [0.5, 0.6) is 0 Å². The molecule has 0 fully saturated rings. The number of thioether (sulfide) groups is 1. The van der Waals surface area contributed by atoms with Crippen LogP contribution in [0, 0.1) is 0 Å². The van der Waals surface area contributed by atoms with Crippen molar-refractivity contribution in [3.05, 3.63) is 72.1 Å². The molecule has 0 aliphatic heterocycles. The van der Waals surface area contributed by atoms with E-state index in [2.05, 4.69) is 36.2 Å². The number of benzene rings is 2. The maximum atomic E-state index is 12.5. The van der Waals surface area contributed by atoms with Crippen molar-refractivity contribution in [2.24, 2.45) is 0 Å². The van der Waals surface area contributed by atoms with Gasteiger partial charge in [-0.1, -0.05) is 68.1 Å². The van der Waals surface area contributed by atoms with E-state index in [0.29, 0.717) is 11.7 Å². The summed E-state index contributed by atoms with van der Waals surface area (Å²) in [4.78, 5) is 12.5. The third kappa shape index (κ3) is 4.17. The van der Waals surface area contributed by atoms with Gasteiger partial charge in [0, 0.05) is 11.3 Å². The number of Topliss-reactive ketones (excluding diaryl/α,β-unsaturated/α-hetero) is 1. The fourth-order valence-corrected chi connectivity index (χ4v) is 3.36. The minimum atomic E-state index is 0.100. The summed E-state index contributed by atoms with van der Waals surface area (Å²) in [5, 5.41) is 8.82. The predicted octanol–water partition coefficient (Wildman–Crippen LogP) is 4.76. The Bertz CT molecular complexity index is 828. The van der Waals surface area contributed by atoms with Crippen molar-refractivity contribution < 1.29 is 4.79 Å². The summed E-state index contributed by atoms with van der Waals surface area (Å²) < 4.78 is 1.89. The van der Waals surface area contributed by atoms with Gasteiger partial charge in [-0.3, -0.25) is 9.36 Å². The fourth-order valence-electron chi connectivity index (χ4n) is 2.54. The lowest BCUT2D eigenvalue weighted by Crippen LogP contribution is -2.04. The van der Waals surface area contributed by atoms with Crippen LogP contribution >= 0.6 is 11.8 Å². The predicted molar refractivity (Wildman–Crippen MR) is 102 cm³/mol. The van der Waals surface area contributed by atoms with Gasteiger partial charge < -0.3 is 0 Å². The van der Waals surface area contributed by atoms with Gasteiger partial charge in [0.1, 0.15) is 6.33 Å². The van der Waals surface area contributed by atoms with Crippen molar-refractivity contribution in [1.82, 2.24) is 14.8 Å². The number of ketones is 1. The molecule has 0 saturated heterocycles. The molecule has 0 amide bonds. The van der Waals surface area contributed by atoms with Crippen molar-refractivity contribution in [2.75, 3.05) is 5.75 Å². The van der Waals surface area contributed by atoms with E-state index in [4.69, 9.17) is 0 Å². The average molecular weight is 351 g/mol. The Morgan fingerprint density at radius 2 is 1.84 bits per heavy atom. The highest BCUT2D eigenvalue weighted by Gasteiger charge is 2.12. The Morgan fingerprint density at radius 3 is 2.52 bits per heavy atom. The number of carbonyl (C=O) groups is 1. The van der Waals surface area contributed by atoms with Crippen molar-refractivity contribution >= 4 is 17.5 Å². The molecule has 0 aliphatic carbocycles. The standard InChI is InChI=1S/C20H21N3OS/c1-3-15(2)16-9-11-17(12-10-16)19(24)13-25-20-22-21-14-23(20)18-7-5-4-6-8-18/h4-12,14-15H,3,13H2,1-2H3. The van der Waals surface area contributed by atoms with Crippen molar-refractivity contribution in [3.8, 4) is 5.69 Å². The highest BCUT2D eigenvalue weighted by molar-refractivity contribution is 7.99. The van der Waals surface area contributed by atoms with E-state index in [-0.39, 0.29) is 5.78 Å². The topological polar surface area (TPSA) is 47.8 Å². The van der Waals surface area contributed by atoms with E-state index >= 15 is 0 Å². The van der Waals surface area contributed by atoms with E-state index in [1.54, 1.807) is 6.33 Å². The second-order valence-electron chi connectivity index (χ2n) is 5.96. The summed E-state index contributed by atoms with van der Waals surface area (Å²) in [6.45, 7) is 4.37. The molecule has 2 aromatic carbocycles. The second kappa shape index (κ2) is 8.12. The van der Waals surface area contributed by atoms with Gasteiger partial charge in [-0.2, -0.15) is 0 Å². The second-order valence-corrected chi connectivity index (χ2v) is 6.90. The molecule has 1 aromatic heterocycles. The maximum absolute atomic E-state index is 12.5. The number of rotatable bonds is 7. The van der Waals surface area contributed by atoms with E-state index < -0.39 is 0 Å². The lowest BCUT2D eigenvalue weighted by atomic mass is 9.97. The highest BCUT2D eigenvalue weighted by Crippen LogP contribution is 2.22. The van der Waals surface area contributed by atoms with E-state index in [0.717, 1.165) is 22.8 Å². The lowest BCUT2D eigenvalue weighted by Gasteiger charge is -2.09. The smallest absolute Gasteiger partial charge is 0.196 e. The summed E-state index contributed by atoms with van der Waals surface area (Å²) in [6.07, 6.45) is 2.77. The van der Waals surface area contributed by atoms with Crippen LogP contribution in [0.15, 0.2) is 66.1 Å². The van der Waals surface area contributed by atoms with Gasteiger partial charge in [0.25, 0.3) is 0 Å². The zero-order valence-electron chi connectivity index (χ0n) is 14.4. The maximum Gasteiger partial charge on any atom is 0.196 e. The molecule has 0 aliphatic rings. The Morgan fingerprint density at radius 1 is 1.12 bits per heavy atom. The third-order valence-electron chi connectivity index (χ3n) is 4.30. The zero-order valence-corrected chi connectivity index (χ0v) is 15.2. The van der Waals surface area contributed by atoms with Crippen LogP contribution in [-0.2, 0) is 0 Å². The van der Waals surface area contributed by atoms with Gasteiger partial charge in [-0.05, 0) is 30.0 Å². The summed E-state index contributed by atoms with van der Waals surface area (Å²) >= 11 is 1.41. The molecule has 5 heteroatoms. The van der Waals surface area contributed by atoms with Crippen molar-refractivity contribution in [1.29, 1.82) is 0 Å². The fraction of sp³-hybridized carbons (Fsp3) is 0.250. The van der Waals surface area contributed by atoms with Crippen LogP contribution in [0.25, 0.3) is 5.69 Å². The first-order valence-electron chi connectivity index (χ1n) is 8.40. The first kappa shape index (κ1) is 17.4. The molecule has 3 rings (SSSR count). The Labute approximate surface area is 152 Å². The molecule has 1 atom stereocenters. The van der Waals surface area contributed by atoms with Crippen LogP contribution in [0.4, 0.5) is 0 Å². The minimum absolute atomic E-state index is 0.100. The summed E-state index contributed by atoms with van der Waals surface area (Å²) in [6, 6.07) is 17.8. The van der Waals surface area contributed by atoms with Crippen LogP contribution in [-0.4, -0.2) is 26.3 Å². The summed E-state index contributed by atoms with van der Waals surface area (Å²) in [7, 11) is 0. The highest BCUT2D eigenvalue weighted by atomic mass is 32.2. The minimum Gasteiger partial charge on any atom is -0.293 e. The molecule has 4 nitrogen and oxygen atoms in total. The first-order chi connectivity index (χ1) is 12.2. The number of carbonyl (C=O) groups excluding carboxylic acids is 1. The average Bonchev–Trinajstić information content (AvgIpc) is 3.15. The molecule has 3 aromatic rings. The molecule has 0 saturated carbocycles. The number of nitrogens with zero attached hydrogens (tertiary/aromatic N) is 3. The Hall–Kier alpha value is -2.40. The number of hydrogen-bond donors (Lipinski definition) is 0. The molecule has 0 radical (unpaired) electrons. The van der Waals surface area contributed by atoms with Gasteiger partial charge in [-0.25, -0.2) is 0 Å². The van der Waals surface area contributed by atoms with Crippen LogP contribution in [0.3, 0.4) is 0 Å². The van der Waals surface area contributed by atoms with Gasteiger partial charge >= 0.3 is 0 Å². The van der Waals surface area contributed by atoms with E-state index in [9.17, 15) is 4.79 Å². The van der Waals surface area contributed by atoms with Crippen molar-refractivity contribution in [2.45, 2.75) is 31.3 Å². The SMILES string of the molecule is CCC(C)c1ccc(C(=O)CSc2nncn2-c2ccccc2)cc1.